The van der Waals surface area contributed by atoms with Gasteiger partial charge in [0.1, 0.15) is 5.75 Å². The van der Waals surface area contributed by atoms with Crippen molar-refractivity contribution < 1.29 is 9.90 Å². The van der Waals surface area contributed by atoms with Crippen LogP contribution in [0.5, 0.6) is 5.75 Å². The highest BCUT2D eigenvalue weighted by atomic mass is 79.9. The van der Waals surface area contributed by atoms with Crippen LogP contribution in [0.25, 0.3) is 0 Å². The summed E-state index contributed by atoms with van der Waals surface area (Å²) in [4.78, 5) is 12.0. The van der Waals surface area contributed by atoms with Crippen LogP contribution in [0, 0.1) is 0 Å². The molecule has 0 aromatic heterocycles. The monoisotopic (exact) mass is 552 g/mol. The number of hydrazone groups is 1. The number of hydrogen-bond donors (Lipinski definition) is 2. The van der Waals surface area contributed by atoms with E-state index in [9.17, 15) is 9.90 Å². The van der Waals surface area contributed by atoms with Gasteiger partial charge in [-0.15, -0.1) is 0 Å². The molecule has 0 bridgehead atoms. The number of phenols is 1. The maximum Gasteiger partial charge on any atom is 0.271 e. The lowest BCUT2D eigenvalue weighted by Gasteiger charge is -2.06. The highest BCUT2D eigenvalue weighted by Gasteiger charge is 2.12. The Balaban J connectivity index is 2.17. The maximum absolute atomic E-state index is 12.0. The van der Waals surface area contributed by atoms with Gasteiger partial charge in [-0.05, 0) is 56.1 Å². The predicted octanol–water partition coefficient (Wildman–Crippen LogP) is 5.21. The summed E-state index contributed by atoms with van der Waals surface area (Å²) in [5.74, 6) is -0.269. The normalized spacial score (nSPS) is 10.9. The average molecular weight is 556 g/mol. The van der Waals surface area contributed by atoms with Crippen LogP contribution >= 0.6 is 63.7 Å². The number of amides is 1. The van der Waals surface area contributed by atoms with Crippen molar-refractivity contribution in [1.29, 1.82) is 0 Å². The second-order valence-electron chi connectivity index (χ2n) is 4.13. The van der Waals surface area contributed by atoms with Crippen molar-refractivity contribution >= 4 is 75.8 Å². The van der Waals surface area contributed by atoms with Crippen molar-refractivity contribution in [2.75, 3.05) is 0 Å². The molecule has 0 unspecified atom stereocenters. The standard InChI is InChI=1S/C14H8Br4N2O2/c15-8-3-1-2-7(4-8)14(22)20-19-6-9-10(16)5-11(17)13(21)12(9)18/h1-6,21H,(H,20,22)/b19-6+. The van der Waals surface area contributed by atoms with Crippen LogP contribution in [0.2, 0.25) is 0 Å². The molecule has 8 heteroatoms. The Morgan fingerprint density at radius 1 is 1.14 bits per heavy atom. The second-order valence-corrected chi connectivity index (χ2v) is 7.54. The molecule has 0 saturated heterocycles. The van der Waals surface area contributed by atoms with Gasteiger partial charge in [-0.1, -0.05) is 37.9 Å². The van der Waals surface area contributed by atoms with E-state index in [-0.39, 0.29) is 11.7 Å². The van der Waals surface area contributed by atoms with Gasteiger partial charge < -0.3 is 5.11 Å². The second kappa shape index (κ2) is 7.72. The Morgan fingerprint density at radius 2 is 1.86 bits per heavy atom. The van der Waals surface area contributed by atoms with E-state index in [4.69, 9.17) is 0 Å². The molecule has 4 nitrogen and oxygen atoms in total. The maximum atomic E-state index is 12.0. The third-order valence-electron chi connectivity index (χ3n) is 2.63. The molecule has 0 radical (unpaired) electrons. The summed E-state index contributed by atoms with van der Waals surface area (Å²) in [6.45, 7) is 0. The molecule has 0 aliphatic rings. The van der Waals surface area contributed by atoms with Crippen molar-refractivity contribution in [1.82, 2.24) is 5.43 Å². The summed E-state index contributed by atoms with van der Waals surface area (Å²) in [7, 11) is 0. The molecule has 2 rings (SSSR count). The molecule has 1 amide bonds. The van der Waals surface area contributed by atoms with Gasteiger partial charge in [0.15, 0.2) is 0 Å². The Labute approximate surface area is 160 Å². The largest absolute Gasteiger partial charge is 0.506 e. The van der Waals surface area contributed by atoms with Crippen LogP contribution < -0.4 is 5.43 Å². The molecular weight excluding hydrogens is 548 g/mol. The molecule has 22 heavy (non-hydrogen) atoms. The minimum atomic E-state index is -0.328. The fraction of sp³-hybridized carbons (Fsp3) is 0. The molecular formula is C14H8Br4N2O2. The summed E-state index contributed by atoms with van der Waals surface area (Å²) in [5.41, 5.74) is 3.53. The smallest absolute Gasteiger partial charge is 0.271 e. The predicted molar refractivity (Wildman–Crippen MR) is 100 cm³/mol. The molecule has 0 aliphatic carbocycles. The molecule has 2 aromatic rings. The van der Waals surface area contributed by atoms with Gasteiger partial charge in [-0.25, -0.2) is 5.43 Å². The van der Waals surface area contributed by atoms with Gasteiger partial charge in [0.2, 0.25) is 0 Å². The molecule has 114 valence electrons. The highest BCUT2D eigenvalue weighted by molar-refractivity contribution is 9.11. The number of carbonyl (C=O) groups is 1. The zero-order chi connectivity index (χ0) is 16.3. The number of carbonyl (C=O) groups excluding carboxylic acids is 1. The number of benzene rings is 2. The first kappa shape index (κ1) is 17.7. The number of rotatable bonds is 3. The van der Waals surface area contributed by atoms with Crippen molar-refractivity contribution in [3.05, 3.63) is 59.3 Å². The molecule has 0 saturated carbocycles. The van der Waals surface area contributed by atoms with Crippen LogP contribution in [-0.2, 0) is 0 Å². The van der Waals surface area contributed by atoms with Crippen molar-refractivity contribution in [3.63, 3.8) is 0 Å². The van der Waals surface area contributed by atoms with Gasteiger partial charge in [-0.3, -0.25) is 4.79 Å². The van der Waals surface area contributed by atoms with Gasteiger partial charge >= 0.3 is 0 Å². The van der Waals surface area contributed by atoms with E-state index < -0.39 is 0 Å². The summed E-state index contributed by atoms with van der Waals surface area (Å²) >= 11 is 13.2. The molecule has 0 aliphatic heterocycles. The summed E-state index contributed by atoms with van der Waals surface area (Å²) < 4.78 is 2.53. The highest BCUT2D eigenvalue weighted by Crippen LogP contribution is 2.38. The third-order valence-corrected chi connectivity index (χ3v) is 5.18. The minimum Gasteiger partial charge on any atom is -0.506 e. The van der Waals surface area contributed by atoms with E-state index in [0.717, 1.165) is 4.47 Å². The van der Waals surface area contributed by atoms with Gasteiger partial charge in [0.25, 0.3) is 5.91 Å². The van der Waals surface area contributed by atoms with Gasteiger partial charge in [-0.2, -0.15) is 5.10 Å². The average Bonchev–Trinajstić information content (AvgIpc) is 2.48. The fourth-order valence-electron chi connectivity index (χ4n) is 1.56. The molecule has 2 N–H and O–H groups in total. The molecule has 0 spiro atoms. The van der Waals surface area contributed by atoms with Crippen LogP contribution in [0.4, 0.5) is 0 Å². The molecule has 0 fully saturated rings. The Kier molecular flexibility index (Phi) is 6.19. The Hall–Kier alpha value is -0.700. The lowest BCUT2D eigenvalue weighted by atomic mass is 10.2. The SMILES string of the molecule is O=C(N/N=C/c1c(Br)cc(Br)c(O)c1Br)c1cccc(Br)c1. The van der Waals surface area contributed by atoms with Gasteiger partial charge in [0, 0.05) is 20.1 Å². The summed E-state index contributed by atoms with van der Waals surface area (Å²) in [6, 6.07) is 8.67. The first-order chi connectivity index (χ1) is 10.4. The number of nitrogens with one attached hydrogen (secondary N) is 1. The first-order valence-corrected chi connectivity index (χ1v) is 9.02. The summed E-state index contributed by atoms with van der Waals surface area (Å²) in [5, 5.41) is 13.8. The quantitative estimate of drug-likeness (QED) is 0.404. The molecule has 0 heterocycles. The van der Waals surface area contributed by atoms with E-state index >= 15 is 0 Å². The minimum absolute atomic E-state index is 0.0583. The Bertz CT molecular complexity index is 763. The van der Waals surface area contributed by atoms with Crippen molar-refractivity contribution in [2.45, 2.75) is 0 Å². The van der Waals surface area contributed by atoms with E-state index in [1.165, 1.54) is 6.21 Å². The van der Waals surface area contributed by atoms with Crippen molar-refractivity contribution in [2.24, 2.45) is 5.10 Å². The number of phenolic OH excluding ortho intramolecular Hbond substituents is 1. The van der Waals surface area contributed by atoms with E-state index in [1.807, 2.05) is 6.07 Å². The number of hydrogen-bond acceptors (Lipinski definition) is 3. The summed E-state index contributed by atoms with van der Waals surface area (Å²) in [6.07, 6.45) is 1.44. The number of halogens is 4. The number of aromatic hydroxyl groups is 1. The van der Waals surface area contributed by atoms with E-state index in [2.05, 4.69) is 74.2 Å². The molecule has 0 atom stereocenters. The third kappa shape index (κ3) is 4.18. The van der Waals surface area contributed by atoms with Crippen LogP contribution in [0.1, 0.15) is 15.9 Å². The van der Waals surface area contributed by atoms with Gasteiger partial charge in [0.05, 0.1) is 15.2 Å². The first-order valence-electron chi connectivity index (χ1n) is 5.85. The lowest BCUT2D eigenvalue weighted by Crippen LogP contribution is -2.17. The number of nitrogens with zero attached hydrogens (tertiary/aromatic N) is 1. The van der Waals surface area contributed by atoms with Crippen LogP contribution in [-0.4, -0.2) is 17.2 Å². The van der Waals surface area contributed by atoms with Crippen LogP contribution in [0.15, 0.2) is 53.3 Å². The fourth-order valence-corrected chi connectivity index (χ4v) is 4.29. The van der Waals surface area contributed by atoms with Crippen molar-refractivity contribution in [3.8, 4) is 5.75 Å². The van der Waals surface area contributed by atoms with E-state index in [0.29, 0.717) is 24.5 Å². The van der Waals surface area contributed by atoms with E-state index in [1.54, 1.807) is 24.3 Å². The molecule has 2 aromatic carbocycles. The topological polar surface area (TPSA) is 61.7 Å². The zero-order valence-corrected chi connectivity index (χ0v) is 17.1. The van der Waals surface area contributed by atoms with Crippen LogP contribution in [0.3, 0.4) is 0 Å². The zero-order valence-electron chi connectivity index (χ0n) is 10.8. The Morgan fingerprint density at radius 3 is 2.55 bits per heavy atom. The lowest BCUT2D eigenvalue weighted by molar-refractivity contribution is 0.0955.